The monoisotopic (exact) mass is 323 g/mol. The van der Waals surface area contributed by atoms with Gasteiger partial charge in [-0.3, -0.25) is 0 Å². The zero-order valence-corrected chi connectivity index (χ0v) is 12.7. The van der Waals surface area contributed by atoms with E-state index in [0.29, 0.717) is 17.3 Å². The highest BCUT2D eigenvalue weighted by atomic mass is 32.2. The third-order valence-electron chi connectivity index (χ3n) is 2.76. The first-order valence-electron chi connectivity index (χ1n) is 5.64. The van der Waals surface area contributed by atoms with Crippen LogP contribution in [0.15, 0.2) is 29.2 Å². The number of halogens is 2. The Hall–Kier alpha value is -1.42. The fourth-order valence-corrected chi connectivity index (χ4v) is 4.65. The molecule has 0 aliphatic rings. The molecule has 0 saturated carbocycles. The van der Waals surface area contributed by atoms with Crippen molar-refractivity contribution in [3.8, 4) is 15.8 Å². The largest absolute Gasteiger partial charge is 0.206 e. The molecule has 0 saturated heterocycles. The predicted molar refractivity (Wildman–Crippen MR) is 81.3 cm³/mol. The number of hydrogen-bond donors (Lipinski definition) is 0. The maximum atomic E-state index is 13.8. The molecule has 2 aromatic heterocycles. The number of hydrogen-bond acceptors (Lipinski definition) is 4. The van der Waals surface area contributed by atoms with Gasteiger partial charge in [0.05, 0.1) is 4.90 Å². The van der Waals surface area contributed by atoms with E-state index in [2.05, 4.69) is 6.07 Å². The summed E-state index contributed by atoms with van der Waals surface area (Å²) in [5.41, 5.74) is 0.508. The van der Waals surface area contributed by atoms with E-state index in [0.717, 1.165) is 14.3 Å². The molecule has 0 atom stereocenters. The first kappa shape index (κ1) is 13.6. The summed E-state index contributed by atoms with van der Waals surface area (Å²) >= 11 is 3.68. The third-order valence-corrected chi connectivity index (χ3v) is 5.70. The smallest absolute Gasteiger partial charge is 0.141 e. The number of thioether (sulfide) groups is 1. The molecule has 3 rings (SSSR count). The van der Waals surface area contributed by atoms with Gasteiger partial charge in [0, 0.05) is 19.2 Å². The van der Waals surface area contributed by atoms with Crippen molar-refractivity contribution < 1.29 is 8.78 Å². The molecular formula is C14H7F2NS3. The highest BCUT2D eigenvalue weighted by Crippen LogP contribution is 2.39. The van der Waals surface area contributed by atoms with E-state index in [1.54, 1.807) is 16.7 Å². The van der Waals surface area contributed by atoms with Crippen molar-refractivity contribution in [3.63, 3.8) is 0 Å². The summed E-state index contributed by atoms with van der Waals surface area (Å²) < 4.78 is 29.9. The van der Waals surface area contributed by atoms with E-state index in [-0.39, 0.29) is 4.90 Å². The van der Waals surface area contributed by atoms with Gasteiger partial charge in [0.15, 0.2) is 0 Å². The number of fused-ring (bicyclic) bond motifs is 1. The van der Waals surface area contributed by atoms with Gasteiger partial charge >= 0.3 is 0 Å². The molecule has 0 fully saturated rings. The van der Waals surface area contributed by atoms with Crippen LogP contribution < -0.4 is 0 Å². The number of thiocyanates is 1. The molecule has 2 heterocycles. The number of nitriles is 1. The Balaban J connectivity index is 2.09. The number of nitrogens with zero attached hydrogens (tertiary/aromatic N) is 1. The van der Waals surface area contributed by atoms with Crippen molar-refractivity contribution in [3.05, 3.63) is 40.8 Å². The number of benzene rings is 1. The third kappa shape index (κ3) is 2.33. The second-order valence-corrected chi connectivity index (χ2v) is 7.33. The lowest BCUT2D eigenvalue weighted by Crippen LogP contribution is -1.88. The zero-order chi connectivity index (χ0) is 14.3. The van der Waals surface area contributed by atoms with Gasteiger partial charge in [-0.2, -0.15) is 5.26 Å². The second-order valence-electron chi connectivity index (χ2n) is 4.16. The molecule has 1 nitrogen and oxygen atoms in total. The van der Waals surface area contributed by atoms with Crippen molar-refractivity contribution in [2.24, 2.45) is 0 Å². The number of thiophene rings is 2. The maximum absolute atomic E-state index is 13.8. The van der Waals surface area contributed by atoms with Crippen LogP contribution in [0.1, 0.15) is 4.88 Å². The Bertz CT molecular complexity index is 787. The second kappa shape index (κ2) is 5.17. The van der Waals surface area contributed by atoms with E-state index in [1.165, 1.54) is 28.3 Å². The Kier molecular flexibility index (Phi) is 3.50. The minimum absolute atomic E-state index is 0.245. The van der Waals surface area contributed by atoms with Crippen molar-refractivity contribution in [2.75, 3.05) is 0 Å². The van der Waals surface area contributed by atoms with Crippen LogP contribution in [-0.4, -0.2) is 0 Å². The standard InChI is InChI=1S/C14H7F2NS3/c1-7-2-12-13(19-7)5-11(20-12)8-3-9(15)14(18-6-17)10(16)4-8/h2-5H,1H3. The van der Waals surface area contributed by atoms with E-state index >= 15 is 0 Å². The van der Waals surface area contributed by atoms with Crippen LogP contribution in [0.4, 0.5) is 8.78 Å². The summed E-state index contributed by atoms with van der Waals surface area (Å²) in [5.74, 6) is -1.39. The molecule has 1 aromatic carbocycles. The first-order valence-corrected chi connectivity index (χ1v) is 8.09. The average molecular weight is 323 g/mol. The zero-order valence-electron chi connectivity index (χ0n) is 10.2. The van der Waals surface area contributed by atoms with Crippen molar-refractivity contribution in [1.82, 2.24) is 0 Å². The van der Waals surface area contributed by atoms with Crippen LogP contribution in [0.25, 0.3) is 19.8 Å². The molecular weight excluding hydrogens is 316 g/mol. The predicted octanol–water partition coefficient (Wildman–Crippen LogP) is 5.79. The average Bonchev–Trinajstić information content (AvgIpc) is 2.90. The lowest BCUT2D eigenvalue weighted by molar-refractivity contribution is 0.542. The van der Waals surface area contributed by atoms with Crippen LogP contribution in [0, 0.1) is 29.2 Å². The first-order chi connectivity index (χ1) is 9.58. The molecule has 0 aliphatic heterocycles. The quantitative estimate of drug-likeness (QED) is 0.440. The summed E-state index contributed by atoms with van der Waals surface area (Å²) in [5, 5.41) is 10.2. The highest BCUT2D eigenvalue weighted by Gasteiger charge is 2.14. The van der Waals surface area contributed by atoms with E-state index in [1.807, 2.05) is 13.0 Å². The summed E-state index contributed by atoms with van der Waals surface area (Å²) in [6.07, 6.45) is 0. The Labute approximate surface area is 126 Å². The van der Waals surface area contributed by atoms with Crippen LogP contribution in [0.2, 0.25) is 0 Å². The SMILES string of the molecule is Cc1cc2sc(-c3cc(F)c(SC#N)c(F)c3)cc2s1. The number of aryl methyl sites for hydroxylation is 1. The van der Waals surface area contributed by atoms with E-state index in [4.69, 9.17) is 5.26 Å². The van der Waals surface area contributed by atoms with Gasteiger partial charge in [-0.15, -0.1) is 22.7 Å². The van der Waals surface area contributed by atoms with Gasteiger partial charge in [-0.1, -0.05) is 0 Å². The van der Waals surface area contributed by atoms with Crippen LogP contribution in [0.3, 0.4) is 0 Å². The molecule has 0 amide bonds. The molecule has 6 heteroatoms. The van der Waals surface area contributed by atoms with Gasteiger partial charge in [-0.05, 0) is 48.5 Å². The summed E-state index contributed by atoms with van der Waals surface area (Å²) in [6, 6.07) is 6.58. The minimum Gasteiger partial charge on any atom is -0.206 e. The molecule has 0 bridgehead atoms. The van der Waals surface area contributed by atoms with Gasteiger partial charge in [0.2, 0.25) is 0 Å². The molecule has 100 valence electrons. The van der Waals surface area contributed by atoms with Crippen molar-refractivity contribution >= 4 is 43.8 Å². The topological polar surface area (TPSA) is 23.8 Å². The molecule has 0 radical (unpaired) electrons. The molecule has 0 aliphatic carbocycles. The van der Waals surface area contributed by atoms with Gasteiger partial charge < -0.3 is 0 Å². The molecule has 20 heavy (non-hydrogen) atoms. The van der Waals surface area contributed by atoms with Crippen LogP contribution >= 0.6 is 34.4 Å². The fraction of sp³-hybridized carbons (Fsp3) is 0.0714. The number of rotatable bonds is 2. The van der Waals surface area contributed by atoms with Crippen molar-refractivity contribution in [2.45, 2.75) is 11.8 Å². The molecule has 0 spiro atoms. The summed E-state index contributed by atoms with van der Waals surface area (Å²) in [7, 11) is 0. The Morgan fingerprint density at radius 1 is 1.05 bits per heavy atom. The summed E-state index contributed by atoms with van der Waals surface area (Å²) in [6.45, 7) is 2.03. The van der Waals surface area contributed by atoms with E-state index < -0.39 is 11.6 Å². The van der Waals surface area contributed by atoms with Gasteiger partial charge in [0.1, 0.15) is 17.0 Å². The lowest BCUT2D eigenvalue weighted by atomic mass is 10.2. The molecule has 3 aromatic rings. The molecule has 0 unspecified atom stereocenters. The Morgan fingerprint density at radius 2 is 1.70 bits per heavy atom. The fourth-order valence-electron chi connectivity index (χ4n) is 1.94. The molecule has 0 N–H and O–H groups in total. The van der Waals surface area contributed by atoms with E-state index in [9.17, 15) is 8.78 Å². The summed E-state index contributed by atoms with van der Waals surface area (Å²) in [4.78, 5) is 1.80. The van der Waals surface area contributed by atoms with Gasteiger partial charge in [-0.25, -0.2) is 8.78 Å². The van der Waals surface area contributed by atoms with Crippen LogP contribution in [-0.2, 0) is 0 Å². The highest BCUT2D eigenvalue weighted by molar-refractivity contribution is 8.03. The van der Waals surface area contributed by atoms with Crippen molar-refractivity contribution in [1.29, 1.82) is 5.26 Å². The van der Waals surface area contributed by atoms with Crippen LogP contribution in [0.5, 0.6) is 0 Å². The minimum atomic E-state index is -0.695. The maximum Gasteiger partial charge on any atom is 0.141 e. The normalized spacial score (nSPS) is 10.9. The Morgan fingerprint density at radius 3 is 2.30 bits per heavy atom. The van der Waals surface area contributed by atoms with Gasteiger partial charge in [0.25, 0.3) is 0 Å². The lowest BCUT2D eigenvalue weighted by Gasteiger charge is -2.03.